The SMILES string of the molecule is COC(=O)c1ccc2c(Cl)nc(-c3ccc(C)o3)n2c1. The maximum absolute atomic E-state index is 11.6. The van der Waals surface area contributed by atoms with Gasteiger partial charge >= 0.3 is 5.97 Å². The third-order valence-electron chi connectivity index (χ3n) is 2.97. The van der Waals surface area contributed by atoms with Crippen LogP contribution in [0.5, 0.6) is 0 Å². The van der Waals surface area contributed by atoms with Crippen LogP contribution in [0.15, 0.2) is 34.9 Å². The van der Waals surface area contributed by atoms with Gasteiger partial charge in [-0.05, 0) is 31.2 Å². The van der Waals surface area contributed by atoms with Crippen molar-refractivity contribution in [1.29, 1.82) is 0 Å². The van der Waals surface area contributed by atoms with Crippen molar-refractivity contribution in [2.45, 2.75) is 6.92 Å². The van der Waals surface area contributed by atoms with Gasteiger partial charge in [-0.25, -0.2) is 9.78 Å². The Morgan fingerprint density at radius 1 is 1.35 bits per heavy atom. The van der Waals surface area contributed by atoms with Gasteiger partial charge in [0.1, 0.15) is 5.76 Å². The molecule has 3 aromatic heterocycles. The Hall–Kier alpha value is -2.27. The molecule has 0 saturated carbocycles. The molecule has 3 heterocycles. The molecule has 0 atom stereocenters. The van der Waals surface area contributed by atoms with Crippen LogP contribution in [0.1, 0.15) is 16.1 Å². The van der Waals surface area contributed by atoms with Crippen molar-refractivity contribution in [3.8, 4) is 11.6 Å². The lowest BCUT2D eigenvalue weighted by molar-refractivity contribution is 0.0600. The van der Waals surface area contributed by atoms with Crippen molar-refractivity contribution in [2.75, 3.05) is 7.11 Å². The van der Waals surface area contributed by atoms with Crippen molar-refractivity contribution in [2.24, 2.45) is 0 Å². The van der Waals surface area contributed by atoms with Gasteiger partial charge in [-0.2, -0.15) is 0 Å². The van der Waals surface area contributed by atoms with Crippen LogP contribution < -0.4 is 0 Å². The van der Waals surface area contributed by atoms with E-state index in [2.05, 4.69) is 4.98 Å². The summed E-state index contributed by atoms with van der Waals surface area (Å²) >= 11 is 6.11. The molecule has 0 spiro atoms. The molecule has 0 aromatic carbocycles. The highest BCUT2D eigenvalue weighted by molar-refractivity contribution is 6.32. The number of halogens is 1. The normalized spacial score (nSPS) is 10.9. The summed E-state index contributed by atoms with van der Waals surface area (Å²) in [5.74, 6) is 1.49. The fourth-order valence-corrected chi connectivity index (χ4v) is 2.25. The lowest BCUT2D eigenvalue weighted by Crippen LogP contribution is -2.03. The summed E-state index contributed by atoms with van der Waals surface area (Å²) in [6.07, 6.45) is 1.63. The second-order valence-corrected chi connectivity index (χ2v) is 4.66. The standard InChI is InChI=1S/C14H11ClN2O3/c1-8-3-6-11(20-8)13-16-12(15)10-5-4-9(7-17(10)13)14(18)19-2/h3-7H,1-2H3. The van der Waals surface area contributed by atoms with E-state index in [-0.39, 0.29) is 0 Å². The quantitative estimate of drug-likeness (QED) is 0.679. The number of hydrogen-bond donors (Lipinski definition) is 0. The molecule has 3 aromatic rings. The number of aryl methyl sites for hydroxylation is 1. The highest BCUT2D eigenvalue weighted by Gasteiger charge is 2.16. The molecule has 102 valence electrons. The van der Waals surface area contributed by atoms with Gasteiger partial charge in [0.05, 0.1) is 18.2 Å². The average molecular weight is 291 g/mol. The first-order valence-corrected chi connectivity index (χ1v) is 6.30. The van der Waals surface area contributed by atoms with Gasteiger partial charge in [-0.15, -0.1) is 0 Å². The smallest absolute Gasteiger partial charge is 0.339 e. The van der Waals surface area contributed by atoms with Crippen molar-refractivity contribution in [1.82, 2.24) is 9.38 Å². The van der Waals surface area contributed by atoms with Crippen molar-refractivity contribution in [3.05, 3.63) is 46.9 Å². The van der Waals surface area contributed by atoms with E-state index in [0.717, 1.165) is 5.76 Å². The van der Waals surface area contributed by atoms with E-state index >= 15 is 0 Å². The van der Waals surface area contributed by atoms with Crippen LogP contribution in [0.2, 0.25) is 5.15 Å². The van der Waals surface area contributed by atoms with Gasteiger partial charge in [0, 0.05) is 6.20 Å². The topological polar surface area (TPSA) is 56.7 Å². The average Bonchev–Trinajstić information content (AvgIpc) is 3.02. The number of aromatic nitrogens is 2. The van der Waals surface area contributed by atoms with Gasteiger partial charge in [0.25, 0.3) is 0 Å². The molecular weight excluding hydrogens is 280 g/mol. The molecule has 0 aliphatic heterocycles. The molecule has 0 radical (unpaired) electrons. The molecule has 0 amide bonds. The number of pyridine rings is 1. The number of furan rings is 1. The number of carbonyl (C=O) groups excluding carboxylic acids is 1. The predicted molar refractivity (Wildman–Crippen MR) is 74.0 cm³/mol. The largest absolute Gasteiger partial charge is 0.465 e. The number of hydrogen-bond acceptors (Lipinski definition) is 4. The molecule has 0 bridgehead atoms. The summed E-state index contributed by atoms with van der Waals surface area (Å²) in [7, 11) is 1.34. The maximum atomic E-state index is 11.6. The maximum Gasteiger partial charge on any atom is 0.339 e. The van der Waals surface area contributed by atoms with Gasteiger partial charge in [0.15, 0.2) is 16.7 Å². The molecule has 0 aliphatic rings. The number of imidazole rings is 1. The second-order valence-electron chi connectivity index (χ2n) is 4.30. The lowest BCUT2D eigenvalue weighted by Gasteiger charge is -2.02. The minimum absolute atomic E-state index is 0.352. The highest BCUT2D eigenvalue weighted by Crippen LogP contribution is 2.27. The van der Waals surface area contributed by atoms with Gasteiger partial charge in [-0.3, -0.25) is 4.40 Å². The van der Waals surface area contributed by atoms with E-state index < -0.39 is 5.97 Å². The lowest BCUT2D eigenvalue weighted by atomic mass is 10.2. The van der Waals surface area contributed by atoms with Crippen LogP contribution in [-0.2, 0) is 4.74 Å². The number of esters is 1. The first-order valence-electron chi connectivity index (χ1n) is 5.93. The van der Waals surface area contributed by atoms with Crippen LogP contribution in [0.3, 0.4) is 0 Å². The van der Waals surface area contributed by atoms with Crippen molar-refractivity contribution >= 4 is 23.1 Å². The monoisotopic (exact) mass is 290 g/mol. The molecule has 5 nitrogen and oxygen atoms in total. The molecule has 3 rings (SSSR count). The van der Waals surface area contributed by atoms with E-state index in [4.69, 9.17) is 20.8 Å². The molecule has 0 N–H and O–H groups in total. The van der Waals surface area contributed by atoms with Gasteiger partial charge in [-0.1, -0.05) is 11.6 Å². The third kappa shape index (κ3) is 1.96. The first kappa shape index (κ1) is 12.7. The summed E-state index contributed by atoms with van der Waals surface area (Å²) in [6, 6.07) is 7.02. The number of rotatable bonds is 2. The Morgan fingerprint density at radius 2 is 2.15 bits per heavy atom. The van der Waals surface area contributed by atoms with Crippen LogP contribution in [0, 0.1) is 6.92 Å². The summed E-state index contributed by atoms with van der Waals surface area (Å²) in [6.45, 7) is 1.85. The van der Waals surface area contributed by atoms with E-state index in [1.54, 1.807) is 22.7 Å². The van der Waals surface area contributed by atoms with Gasteiger partial charge < -0.3 is 9.15 Å². The third-order valence-corrected chi connectivity index (χ3v) is 3.25. The minimum Gasteiger partial charge on any atom is -0.465 e. The molecule has 0 saturated heterocycles. The van der Waals surface area contributed by atoms with E-state index in [1.807, 2.05) is 19.1 Å². The zero-order valence-electron chi connectivity index (χ0n) is 10.9. The van der Waals surface area contributed by atoms with Crippen LogP contribution in [0.25, 0.3) is 17.1 Å². The Labute approximate surface area is 119 Å². The fraction of sp³-hybridized carbons (Fsp3) is 0.143. The molecule has 20 heavy (non-hydrogen) atoms. The van der Waals surface area contributed by atoms with Gasteiger partial charge in [0.2, 0.25) is 0 Å². The number of ether oxygens (including phenoxy) is 1. The van der Waals surface area contributed by atoms with Crippen molar-refractivity contribution in [3.63, 3.8) is 0 Å². The summed E-state index contributed by atoms with van der Waals surface area (Å²) < 4.78 is 12.0. The number of nitrogens with zero attached hydrogens (tertiary/aromatic N) is 2. The number of fused-ring (bicyclic) bond motifs is 1. The zero-order chi connectivity index (χ0) is 14.3. The molecule has 0 aliphatic carbocycles. The Bertz CT molecular complexity index is 804. The molecular formula is C14H11ClN2O3. The number of carbonyl (C=O) groups is 1. The summed E-state index contributed by atoms with van der Waals surface area (Å²) in [4.78, 5) is 15.9. The Balaban J connectivity index is 2.24. The Morgan fingerprint density at radius 3 is 2.80 bits per heavy atom. The van der Waals surface area contributed by atoms with E-state index in [0.29, 0.717) is 27.8 Å². The molecule has 0 unspecified atom stereocenters. The number of methoxy groups -OCH3 is 1. The van der Waals surface area contributed by atoms with E-state index in [1.165, 1.54) is 7.11 Å². The summed E-state index contributed by atoms with van der Waals surface area (Å²) in [5.41, 5.74) is 1.11. The van der Waals surface area contributed by atoms with Crippen molar-refractivity contribution < 1.29 is 13.9 Å². The molecule has 0 fully saturated rings. The highest BCUT2D eigenvalue weighted by atomic mass is 35.5. The fourth-order valence-electron chi connectivity index (χ4n) is 2.02. The summed E-state index contributed by atoms with van der Waals surface area (Å²) in [5, 5.41) is 0.352. The zero-order valence-corrected chi connectivity index (χ0v) is 11.6. The predicted octanol–water partition coefficient (Wildman–Crippen LogP) is 3.34. The molecule has 6 heteroatoms. The first-order chi connectivity index (χ1) is 9.60. The second kappa shape index (κ2) is 4.68. The van der Waals surface area contributed by atoms with E-state index in [9.17, 15) is 4.79 Å². The van der Waals surface area contributed by atoms with Crippen LogP contribution in [-0.4, -0.2) is 22.5 Å². The van der Waals surface area contributed by atoms with Crippen LogP contribution >= 0.6 is 11.6 Å². The Kier molecular flexibility index (Phi) is 2.99. The minimum atomic E-state index is -0.418. The van der Waals surface area contributed by atoms with Crippen LogP contribution in [0.4, 0.5) is 0 Å².